The number of hydrogen-bond acceptors (Lipinski definition) is 5. The zero-order valence-corrected chi connectivity index (χ0v) is 12.4. The van der Waals surface area contributed by atoms with Crippen molar-refractivity contribution in [3.8, 4) is 5.75 Å². The normalized spacial score (nSPS) is 16.7. The van der Waals surface area contributed by atoms with Gasteiger partial charge in [0, 0.05) is 12.6 Å². The van der Waals surface area contributed by atoms with Crippen LogP contribution in [-0.2, 0) is 4.74 Å². The second kappa shape index (κ2) is 8.00. The summed E-state index contributed by atoms with van der Waals surface area (Å²) in [6, 6.07) is 7.22. The van der Waals surface area contributed by atoms with Crippen LogP contribution < -0.4 is 10.1 Å². The first kappa shape index (κ1) is 15.8. The molecule has 0 unspecified atom stereocenters. The highest BCUT2D eigenvalue weighted by molar-refractivity contribution is 5.89. The zero-order chi connectivity index (χ0) is 15.1. The SMILES string of the molecule is COC(=O)c1ccc(OC[C@@H](O)CNC2CCCC2)cc1. The first-order chi connectivity index (χ1) is 10.2. The molecule has 21 heavy (non-hydrogen) atoms. The van der Waals surface area contributed by atoms with E-state index < -0.39 is 6.10 Å². The van der Waals surface area contributed by atoms with Crippen LogP contribution in [0, 0.1) is 0 Å². The molecule has 5 heteroatoms. The van der Waals surface area contributed by atoms with Crippen molar-refractivity contribution >= 4 is 5.97 Å². The number of benzene rings is 1. The molecule has 1 aromatic rings. The highest BCUT2D eigenvalue weighted by Crippen LogP contribution is 2.17. The fourth-order valence-electron chi connectivity index (χ4n) is 2.49. The van der Waals surface area contributed by atoms with Crippen molar-refractivity contribution in [2.24, 2.45) is 0 Å². The molecule has 1 atom stereocenters. The van der Waals surface area contributed by atoms with E-state index in [2.05, 4.69) is 10.1 Å². The summed E-state index contributed by atoms with van der Waals surface area (Å²) < 4.78 is 10.1. The lowest BCUT2D eigenvalue weighted by Crippen LogP contribution is -2.36. The van der Waals surface area contributed by atoms with Crippen molar-refractivity contribution in [2.45, 2.75) is 37.8 Å². The van der Waals surface area contributed by atoms with Gasteiger partial charge in [-0.1, -0.05) is 12.8 Å². The van der Waals surface area contributed by atoms with Gasteiger partial charge in [-0.2, -0.15) is 0 Å². The topological polar surface area (TPSA) is 67.8 Å². The first-order valence-corrected chi connectivity index (χ1v) is 7.41. The fourth-order valence-corrected chi connectivity index (χ4v) is 2.49. The van der Waals surface area contributed by atoms with Crippen LogP contribution in [0.5, 0.6) is 5.75 Å². The summed E-state index contributed by atoms with van der Waals surface area (Å²) >= 11 is 0. The molecule has 1 aromatic carbocycles. The second-order valence-electron chi connectivity index (χ2n) is 5.37. The maximum Gasteiger partial charge on any atom is 0.337 e. The van der Waals surface area contributed by atoms with Gasteiger partial charge in [-0.25, -0.2) is 4.79 Å². The van der Waals surface area contributed by atoms with Crippen molar-refractivity contribution in [1.82, 2.24) is 5.32 Å². The van der Waals surface area contributed by atoms with E-state index in [-0.39, 0.29) is 12.6 Å². The number of esters is 1. The maximum atomic E-state index is 11.3. The van der Waals surface area contributed by atoms with E-state index in [1.165, 1.54) is 32.8 Å². The Morgan fingerprint density at radius 1 is 1.33 bits per heavy atom. The largest absolute Gasteiger partial charge is 0.491 e. The summed E-state index contributed by atoms with van der Waals surface area (Å²) in [6.07, 6.45) is 4.41. The molecular weight excluding hydrogens is 270 g/mol. The molecule has 2 rings (SSSR count). The molecule has 2 N–H and O–H groups in total. The minimum Gasteiger partial charge on any atom is -0.491 e. The fraction of sp³-hybridized carbons (Fsp3) is 0.562. The lowest BCUT2D eigenvalue weighted by atomic mass is 10.2. The van der Waals surface area contributed by atoms with Crippen LogP contribution in [0.3, 0.4) is 0 Å². The van der Waals surface area contributed by atoms with Crippen molar-refractivity contribution < 1.29 is 19.4 Å². The number of nitrogens with one attached hydrogen (secondary N) is 1. The Labute approximate surface area is 125 Å². The van der Waals surface area contributed by atoms with E-state index >= 15 is 0 Å². The summed E-state index contributed by atoms with van der Waals surface area (Å²) in [5.74, 6) is 0.255. The van der Waals surface area contributed by atoms with Crippen molar-refractivity contribution in [3.63, 3.8) is 0 Å². The minimum absolute atomic E-state index is 0.233. The molecule has 116 valence electrons. The molecule has 0 heterocycles. The van der Waals surface area contributed by atoms with Gasteiger partial charge in [0.15, 0.2) is 0 Å². The Hall–Kier alpha value is -1.59. The molecule has 5 nitrogen and oxygen atoms in total. The van der Waals surface area contributed by atoms with Gasteiger partial charge in [0.05, 0.1) is 12.7 Å². The lowest BCUT2D eigenvalue weighted by molar-refractivity contribution is 0.0600. The quantitative estimate of drug-likeness (QED) is 0.750. The third-order valence-electron chi connectivity index (χ3n) is 3.72. The second-order valence-corrected chi connectivity index (χ2v) is 5.37. The summed E-state index contributed by atoms with van der Waals surface area (Å²) in [4.78, 5) is 11.3. The van der Waals surface area contributed by atoms with Gasteiger partial charge in [0.1, 0.15) is 18.5 Å². The van der Waals surface area contributed by atoms with E-state index in [0.29, 0.717) is 23.9 Å². The van der Waals surface area contributed by atoms with Crippen LogP contribution >= 0.6 is 0 Å². The zero-order valence-electron chi connectivity index (χ0n) is 12.4. The van der Waals surface area contributed by atoms with Crippen LogP contribution in [0.2, 0.25) is 0 Å². The summed E-state index contributed by atoms with van der Waals surface area (Å²) in [5, 5.41) is 13.2. The van der Waals surface area contributed by atoms with Gasteiger partial charge in [0.2, 0.25) is 0 Å². The average molecular weight is 293 g/mol. The number of methoxy groups -OCH3 is 1. The first-order valence-electron chi connectivity index (χ1n) is 7.41. The van der Waals surface area contributed by atoms with Gasteiger partial charge in [-0.3, -0.25) is 0 Å². The Kier molecular flexibility index (Phi) is 6.02. The number of aliphatic hydroxyl groups excluding tert-OH is 1. The summed E-state index contributed by atoms with van der Waals surface area (Å²) in [7, 11) is 1.35. The Morgan fingerprint density at radius 2 is 2.00 bits per heavy atom. The highest BCUT2D eigenvalue weighted by atomic mass is 16.5. The molecule has 1 saturated carbocycles. The van der Waals surface area contributed by atoms with Crippen molar-refractivity contribution in [3.05, 3.63) is 29.8 Å². The van der Waals surface area contributed by atoms with E-state index in [9.17, 15) is 9.90 Å². The standard InChI is InChI=1S/C16H23NO4/c1-20-16(19)12-6-8-15(9-7-12)21-11-14(18)10-17-13-4-2-3-5-13/h6-9,13-14,17-18H,2-5,10-11H2,1H3/t14-/m0/s1. The molecule has 1 aliphatic carbocycles. The summed E-state index contributed by atoms with van der Waals surface area (Å²) in [6.45, 7) is 0.780. The predicted molar refractivity (Wildman–Crippen MR) is 79.5 cm³/mol. The number of rotatable bonds is 7. The van der Waals surface area contributed by atoms with Gasteiger partial charge >= 0.3 is 5.97 Å². The highest BCUT2D eigenvalue weighted by Gasteiger charge is 2.15. The van der Waals surface area contributed by atoms with Gasteiger partial charge in [0.25, 0.3) is 0 Å². The molecule has 1 aliphatic rings. The van der Waals surface area contributed by atoms with Crippen LogP contribution in [0.15, 0.2) is 24.3 Å². The van der Waals surface area contributed by atoms with Gasteiger partial charge in [-0.15, -0.1) is 0 Å². The maximum absolute atomic E-state index is 11.3. The number of hydrogen-bond donors (Lipinski definition) is 2. The smallest absolute Gasteiger partial charge is 0.337 e. The molecule has 0 aliphatic heterocycles. The van der Waals surface area contributed by atoms with E-state index in [1.807, 2.05) is 0 Å². The average Bonchev–Trinajstić information content (AvgIpc) is 3.04. The van der Waals surface area contributed by atoms with Gasteiger partial charge in [-0.05, 0) is 37.1 Å². The van der Waals surface area contributed by atoms with E-state index in [4.69, 9.17) is 4.74 Å². The predicted octanol–water partition coefficient (Wildman–Crippen LogP) is 1.75. The van der Waals surface area contributed by atoms with Crippen LogP contribution in [0.1, 0.15) is 36.0 Å². The van der Waals surface area contributed by atoms with Crippen LogP contribution in [-0.4, -0.2) is 43.5 Å². The molecule has 0 spiro atoms. The lowest BCUT2D eigenvalue weighted by Gasteiger charge is -2.16. The number of ether oxygens (including phenoxy) is 2. The molecule has 0 aromatic heterocycles. The molecule has 0 amide bonds. The van der Waals surface area contributed by atoms with E-state index in [0.717, 1.165) is 0 Å². The Morgan fingerprint density at radius 3 is 2.62 bits per heavy atom. The molecular formula is C16H23NO4. The van der Waals surface area contributed by atoms with Crippen LogP contribution in [0.25, 0.3) is 0 Å². The molecule has 0 bridgehead atoms. The summed E-state index contributed by atoms with van der Waals surface area (Å²) in [5.41, 5.74) is 0.480. The Bertz CT molecular complexity index is 440. The van der Waals surface area contributed by atoms with Crippen molar-refractivity contribution in [1.29, 1.82) is 0 Å². The number of carbonyl (C=O) groups excluding carboxylic acids is 1. The minimum atomic E-state index is -0.536. The molecule has 0 radical (unpaired) electrons. The third kappa shape index (κ3) is 5.02. The molecule has 1 fully saturated rings. The molecule has 0 saturated heterocycles. The monoisotopic (exact) mass is 293 g/mol. The van der Waals surface area contributed by atoms with Crippen molar-refractivity contribution in [2.75, 3.05) is 20.3 Å². The Balaban J connectivity index is 1.70. The van der Waals surface area contributed by atoms with Crippen LogP contribution in [0.4, 0.5) is 0 Å². The number of aliphatic hydroxyl groups is 1. The van der Waals surface area contributed by atoms with E-state index in [1.54, 1.807) is 24.3 Å². The number of carbonyl (C=O) groups is 1. The third-order valence-corrected chi connectivity index (χ3v) is 3.72. The van der Waals surface area contributed by atoms with Gasteiger partial charge < -0.3 is 19.9 Å².